The van der Waals surface area contributed by atoms with Crippen LogP contribution in [0.3, 0.4) is 0 Å². The molecule has 0 saturated heterocycles. The summed E-state index contributed by atoms with van der Waals surface area (Å²) in [6.45, 7) is 1.38. The molecule has 0 saturated carbocycles. The number of carboxylic acid groups (broad SMARTS) is 2. The summed E-state index contributed by atoms with van der Waals surface area (Å²) in [5, 5.41) is 22.0. The Bertz CT molecular complexity index is 618. The molecule has 1 aromatic rings. The molecule has 2 amide bonds. The van der Waals surface area contributed by atoms with E-state index in [2.05, 4.69) is 10.6 Å². The quantitative estimate of drug-likeness (QED) is 0.513. The second kappa shape index (κ2) is 9.91. The van der Waals surface area contributed by atoms with Gasteiger partial charge < -0.3 is 25.6 Å². The Hall–Kier alpha value is -3.10. The van der Waals surface area contributed by atoms with E-state index in [4.69, 9.17) is 14.9 Å². The van der Waals surface area contributed by atoms with Crippen molar-refractivity contribution in [2.24, 2.45) is 0 Å². The van der Waals surface area contributed by atoms with Gasteiger partial charge in [-0.3, -0.25) is 9.59 Å². The first-order valence-electron chi connectivity index (χ1n) is 7.51. The van der Waals surface area contributed by atoms with Crippen LogP contribution in [0, 0.1) is 0 Å². The van der Waals surface area contributed by atoms with Crippen molar-refractivity contribution in [1.29, 1.82) is 0 Å². The summed E-state index contributed by atoms with van der Waals surface area (Å²) < 4.78 is 4.96. The number of carboxylic acids is 2. The summed E-state index contributed by atoms with van der Waals surface area (Å²) in [7, 11) is 0. The van der Waals surface area contributed by atoms with E-state index in [1.807, 2.05) is 6.07 Å². The Kier molecular flexibility index (Phi) is 7.91. The van der Waals surface area contributed by atoms with Gasteiger partial charge in [0.2, 0.25) is 5.91 Å². The van der Waals surface area contributed by atoms with Crippen molar-refractivity contribution in [1.82, 2.24) is 10.6 Å². The number of alkyl carbamates (subject to hydrolysis) is 1. The van der Waals surface area contributed by atoms with Crippen LogP contribution in [0.4, 0.5) is 4.79 Å². The van der Waals surface area contributed by atoms with Gasteiger partial charge in [0.05, 0.1) is 0 Å². The Balaban J connectivity index is 2.44. The van der Waals surface area contributed by atoms with E-state index < -0.39 is 42.4 Å². The number of hydrogen-bond donors (Lipinski definition) is 4. The molecular formula is C16H20N2O7. The molecule has 0 spiro atoms. The SMILES string of the molecule is C[C@H](NC(=O)OCc1ccccc1)C(=O)N[C@H](CCC(=O)O)C(=O)O. The van der Waals surface area contributed by atoms with E-state index in [-0.39, 0.29) is 13.0 Å². The van der Waals surface area contributed by atoms with Crippen LogP contribution in [-0.4, -0.2) is 46.2 Å². The van der Waals surface area contributed by atoms with Crippen LogP contribution in [-0.2, 0) is 25.7 Å². The first kappa shape index (κ1) is 19.9. The van der Waals surface area contributed by atoms with Crippen LogP contribution in [0.1, 0.15) is 25.3 Å². The van der Waals surface area contributed by atoms with E-state index in [0.717, 1.165) is 5.56 Å². The molecule has 9 nitrogen and oxygen atoms in total. The molecular weight excluding hydrogens is 332 g/mol. The molecule has 0 aromatic heterocycles. The molecule has 0 unspecified atom stereocenters. The van der Waals surface area contributed by atoms with Crippen molar-refractivity contribution in [2.45, 2.75) is 38.5 Å². The highest BCUT2D eigenvalue weighted by atomic mass is 16.5. The smallest absolute Gasteiger partial charge is 0.408 e. The van der Waals surface area contributed by atoms with Gasteiger partial charge in [-0.25, -0.2) is 9.59 Å². The molecule has 9 heteroatoms. The Morgan fingerprint density at radius 1 is 1.08 bits per heavy atom. The van der Waals surface area contributed by atoms with Gasteiger partial charge >= 0.3 is 18.0 Å². The predicted molar refractivity (Wildman–Crippen MR) is 85.7 cm³/mol. The van der Waals surface area contributed by atoms with Crippen molar-refractivity contribution in [3.05, 3.63) is 35.9 Å². The highest BCUT2D eigenvalue weighted by molar-refractivity contribution is 5.89. The monoisotopic (exact) mass is 352 g/mol. The topological polar surface area (TPSA) is 142 Å². The maximum Gasteiger partial charge on any atom is 0.408 e. The normalized spacial score (nSPS) is 12.5. The molecule has 0 fully saturated rings. The molecule has 4 N–H and O–H groups in total. The lowest BCUT2D eigenvalue weighted by molar-refractivity contribution is -0.143. The van der Waals surface area contributed by atoms with E-state index in [1.165, 1.54) is 6.92 Å². The Morgan fingerprint density at radius 2 is 1.72 bits per heavy atom. The number of benzene rings is 1. The molecule has 0 aliphatic rings. The zero-order valence-corrected chi connectivity index (χ0v) is 13.6. The third-order valence-corrected chi connectivity index (χ3v) is 3.20. The molecule has 0 radical (unpaired) electrons. The maximum atomic E-state index is 11.9. The fourth-order valence-corrected chi connectivity index (χ4v) is 1.83. The van der Waals surface area contributed by atoms with E-state index >= 15 is 0 Å². The molecule has 2 atom stereocenters. The molecule has 0 aliphatic heterocycles. The first-order chi connectivity index (χ1) is 11.8. The summed E-state index contributed by atoms with van der Waals surface area (Å²) in [6, 6.07) is 6.53. The number of ether oxygens (including phenoxy) is 1. The van der Waals surface area contributed by atoms with Crippen LogP contribution >= 0.6 is 0 Å². The second-order valence-electron chi connectivity index (χ2n) is 5.26. The second-order valence-corrected chi connectivity index (χ2v) is 5.26. The van der Waals surface area contributed by atoms with Crippen LogP contribution in [0.5, 0.6) is 0 Å². The number of rotatable bonds is 9. The van der Waals surface area contributed by atoms with Crippen LogP contribution < -0.4 is 10.6 Å². The maximum absolute atomic E-state index is 11.9. The lowest BCUT2D eigenvalue weighted by atomic mass is 10.1. The van der Waals surface area contributed by atoms with Gasteiger partial charge in [-0.15, -0.1) is 0 Å². The standard InChI is InChI=1S/C16H20N2O7/c1-10(14(21)18-12(15(22)23)7-8-13(19)20)17-16(24)25-9-11-5-3-2-4-6-11/h2-6,10,12H,7-9H2,1H3,(H,17,24)(H,18,21)(H,19,20)(H,22,23)/t10-,12+/m0/s1. The lowest BCUT2D eigenvalue weighted by Gasteiger charge is -2.18. The minimum atomic E-state index is -1.35. The van der Waals surface area contributed by atoms with Gasteiger partial charge in [-0.05, 0) is 18.9 Å². The van der Waals surface area contributed by atoms with E-state index in [9.17, 15) is 19.2 Å². The number of aliphatic carboxylic acids is 2. The minimum absolute atomic E-state index is 0.0252. The molecule has 1 rings (SSSR count). The summed E-state index contributed by atoms with van der Waals surface area (Å²) in [4.78, 5) is 45.1. The lowest BCUT2D eigenvalue weighted by Crippen LogP contribution is -2.50. The van der Waals surface area contributed by atoms with Crippen LogP contribution in [0.2, 0.25) is 0 Å². The summed E-state index contributed by atoms with van der Waals surface area (Å²) in [5.74, 6) is -3.28. The van der Waals surface area contributed by atoms with Crippen molar-refractivity contribution in [2.75, 3.05) is 0 Å². The number of carbonyl (C=O) groups excluding carboxylic acids is 2. The van der Waals surface area contributed by atoms with Crippen molar-refractivity contribution >= 4 is 23.9 Å². The molecule has 0 aliphatic carbocycles. The summed E-state index contributed by atoms with van der Waals surface area (Å²) in [5.41, 5.74) is 0.773. The molecule has 0 heterocycles. The highest BCUT2D eigenvalue weighted by Crippen LogP contribution is 2.02. The third kappa shape index (κ3) is 7.82. The van der Waals surface area contributed by atoms with E-state index in [0.29, 0.717) is 0 Å². The molecule has 136 valence electrons. The third-order valence-electron chi connectivity index (χ3n) is 3.20. The fraction of sp³-hybridized carbons (Fsp3) is 0.375. The van der Waals surface area contributed by atoms with Gasteiger partial charge in [-0.1, -0.05) is 30.3 Å². The Labute approximate surface area is 144 Å². The van der Waals surface area contributed by atoms with Gasteiger partial charge in [0.15, 0.2) is 0 Å². The number of carbonyl (C=O) groups is 4. The average Bonchev–Trinajstić information content (AvgIpc) is 2.56. The molecule has 0 bridgehead atoms. The first-order valence-corrected chi connectivity index (χ1v) is 7.51. The average molecular weight is 352 g/mol. The van der Waals surface area contributed by atoms with Gasteiger partial charge in [0, 0.05) is 6.42 Å². The highest BCUT2D eigenvalue weighted by Gasteiger charge is 2.24. The zero-order valence-electron chi connectivity index (χ0n) is 13.6. The fourth-order valence-electron chi connectivity index (χ4n) is 1.83. The summed E-state index contributed by atoms with van der Waals surface area (Å²) in [6.07, 6.45) is -1.50. The van der Waals surface area contributed by atoms with Crippen molar-refractivity contribution < 1.29 is 34.1 Å². The number of hydrogen-bond acceptors (Lipinski definition) is 5. The largest absolute Gasteiger partial charge is 0.481 e. The van der Waals surface area contributed by atoms with Gasteiger partial charge in [0.25, 0.3) is 0 Å². The van der Waals surface area contributed by atoms with Crippen LogP contribution in [0.25, 0.3) is 0 Å². The van der Waals surface area contributed by atoms with Gasteiger partial charge in [-0.2, -0.15) is 0 Å². The number of nitrogens with one attached hydrogen (secondary N) is 2. The van der Waals surface area contributed by atoms with Crippen molar-refractivity contribution in [3.63, 3.8) is 0 Å². The van der Waals surface area contributed by atoms with Gasteiger partial charge in [0.1, 0.15) is 18.7 Å². The van der Waals surface area contributed by atoms with Crippen molar-refractivity contribution in [3.8, 4) is 0 Å². The predicted octanol–water partition coefficient (Wildman–Crippen LogP) is 0.735. The Morgan fingerprint density at radius 3 is 2.28 bits per heavy atom. The van der Waals surface area contributed by atoms with E-state index in [1.54, 1.807) is 24.3 Å². The minimum Gasteiger partial charge on any atom is -0.481 e. The summed E-state index contributed by atoms with van der Waals surface area (Å²) >= 11 is 0. The van der Waals surface area contributed by atoms with Crippen LogP contribution in [0.15, 0.2) is 30.3 Å². The number of amides is 2. The molecule has 1 aromatic carbocycles. The zero-order chi connectivity index (χ0) is 18.8. The molecule has 25 heavy (non-hydrogen) atoms.